The fraction of sp³-hybridized carbons (Fsp3) is 0.250. The first-order chi connectivity index (χ1) is 7.16. The van der Waals surface area contributed by atoms with Crippen molar-refractivity contribution < 1.29 is 14.4 Å². The number of H-pyrrole nitrogens is 1. The summed E-state index contributed by atoms with van der Waals surface area (Å²) in [6.07, 6.45) is 2.74. The van der Waals surface area contributed by atoms with Crippen LogP contribution in [0, 0.1) is 0 Å². The summed E-state index contributed by atoms with van der Waals surface area (Å²) in [4.78, 5) is 39.8. The molecule has 1 aromatic rings. The minimum atomic E-state index is -0.790. The number of aromatic nitrogens is 2. The van der Waals surface area contributed by atoms with Crippen LogP contribution in [-0.2, 0) is 4.79 Å². The zero-order valence-electron chi connectivity index (χ0n) is 7.61. The standard InChI is InChI=1S/C8H8N4O3/c13-6(5-2-9-3-10-5)1-4-7(14)12-8(15)11-4/h2-4H,1H2,(H,9,10)(H2,11,12,14,15). The molecule has 1 saturated heterocycles. The molecule has 0 radical (unpaired) electrons. The number of nitrogens with zero attached hydrogens (tertiary/aromatic N) is 1. The van der Waals surface area contributed by atoms with Gasteiger partial charge in [0.05, 0.1) is 6.33 Å². The van der Waals surface area contributed by atoms with E-state index in [1.54, 1.807) is 0 Å². The maximum Gasteiger partial charge on any atom is 0.322 e. The summed E-state index contributed by atoms with van der Waals surface area (Å²) >= 11 is 0. The monoisotopic (exact) mass is 208 g/mol. The van der Waals surface area contributed by atoms with Crippen LogP contribution in [0.5, 0.6) is 0 Å². The van der Waals surface area contributed by atoms with Crippen LogP contribution in [0.2, 0.25) is 0 Å². The van der Waals surface area contributed by atoms with Crippen LogP contribution in [0.3, 0.4) is 0 Å². The predicted molar refractivity (Wildman–Crippen MR) is 48.0 cm³/mol. The largest absolute Gasteiger partial charge is 0.350 e. The minimum Gasteiger partial charge on any atom is -0.350 e. The van der Waals surface area contributed by atoms with Gasteiger partial charge in [-0.3, -0.25) is 14.9 Å². The Morgan fingerprint density at radius 2 is 2.27 bits per heavy atom. The second-order valence-corrected chi connectivity index (χ2v) is 3.10. The number of imidazole rings is 1. The van der Waals surface area contributed by atoms with Gasteiger partial charge in [0.1, 0.15) is 11.7 Å². The molecule has 1 atom stereocenters. The van der Waals surface area contributed by atoms with Crippen molar-refractivity contribution in [3.63, 3.8) is 0 Å². The second-order valence-electron chi connectivity index (χ2n) is 3.10. The molecule has 3 N–H and O–H groups in total. The lowest BCUT2D eigenvalue weighted by Gasteiger charge is -2.03. The molecule has 3 amide bonds. The molecule has 1 aromatic heterocycles. The second kappa shape index (κ2) is 3.52. The molecule has 2 rings (SSSR count). The molecule has 1 fully saturated rings. The summed E-state index contributed by atoms with van der Waals surface area (Å²) in [5.74, 6) is -0.775. The normalized spacial score (nSPS) is 19.9. The van der Waals surface area contributed by atoms with E-state index < -0.39 is 18.0 Å². The SMILES string of the molecule is O=C1NC(=O)C(CC(=O)c2c[nH]cn2)N1. The summed E-state index contributed by atoms with van der Waals surface area (Å²) in [7, 11) is 0. The fourth-order valence-electron chi connectivity index (χ4n) is 1.31. The number of imide groups is 1. The van der Waals surface area contributed by atoms with E-state index in [0.29, 0.717) is 0 Å². The lowest BCUT2D eigenvalue weighted by molar-refractivity contribution is -0.120. The smallest absolute Gasteiger partial charge is 0.322 e. The molecule has 7 nitrogen and oxygen atoms in total. The van der Waals surface area contributed by atoms with Gasteiger partial charge in [0.2, 0.25) is 0 Å². The molecule has 0 aliphatic carbocycles. The van der Waals surface area contributed by atoms with Crippen molar-refractivity contribution in [3.8, 4) is 0 Å². The van der Waals surface area contributed by atoms with E-state index in [9.17, 15) is 14.4 Å². The van der Waals surface area contributed by atoms with E-state index in [2.05, 4.69) is 15.3 Å². The van der Waals surface area contributed by atoms with Gasteiger partial charge in [-0.1, -0.05) is 0 Å². The summed E-state index contributed by atoms with van der Waals surface area (Å²) < 4.78 is 0. The maximum atomic E-state index is 11.5. The molecule has 1 aliphatic heterocycles. The Kier molecular flexibility index (Phi) is 2.20. The number of hydrogen-bond acceptors (Lipinski definition) is 4. The Balaban J connectivity index is 2.01. The van der Waals surface area contributed by atoms with Crippen LogP contribution in [0.1, 0.15) is 16.9 Å². The van der Waals surface area contributed by atoms with E-state index in [1.807, 2.05) is 5.32 Å². The number of urea groups is 1. The van der Waals surface area contributed by atoms with E-state index in [0.717, 1.165) is 0 Å². The molecular formula is C8H8N4O3. The van der Waals surface area contributed by atoms with E-state index in [-0.39, 0.29) is 17.9 Å². The number of carbonyl (C=O) groups excluding carboxylic acids is 3. The van der Waals surface area contributed by atoms with E-state index in [1.165, 1.54) is 12.5 Å². The summed E-state index contributed by atoms with van der Waals surface area (Å²) in [5.41, 5.74) is 0.254. The first-order valence-electron chi connectivity index (χ1n) is 4.30. The first kappa shape index (κ1) is 9.38. The lowest BCUT2D eigenvalue weighted by atomic mass is 10.1. The molecule has 0 spiro atoms. The number of nitrogens with one attached hydrogen (secondary N) is 3. The third-order valence-electron chi connectivity index (χ3n) is 2.03. The van der Waals surface area contributed by atoms with Gasteiger partial charge in [0.25, 0.3) is 5.91 Å². The quantitative estimate of drug-likeness (QED) is 0.446. The minimum absolute atomic E-state index is 0.0809. The van der Waals surface area contributed by atoms with Gasteiger partial charge in [-0.25, -0.2) is 9.78 Å². The molecule has 78 valence electrons. The third kappa shape index (κ3) is 1.85. The summed E-state index contributed by atoms with van der Waals surface area (Å²) in [5, 5.41) is 4.39. The third-order valence-corrected chi connectivity index (χ3v) is 2.03. The fourth-order valence-corrected chi connectivity index (χ4v) is 1.31. The Bertz CT molecular complexity index is 412. The van der Waals surface area contributed by atoms with Gasteiger partial charge in [0, 0.05) is 12.6 Å². The Morgan fingerprint density at radius 1 is 1.47 bits per heavy atom. The average Bonchev–Trinajstić information content (AvgIpc) is 2.76. The molecule has 0 bridgehead atoms. The number of rotatable bonds is 3. The van der Waals surface area contributed by atoms with Crippen molar-refractivity contribution in [2.24, 2.45) is 0 Å². The van der Waals surface area contributed by atoms with Crippen molar-refractivity contribution in [1.29, 1.82) is 0 Å². The highest BCUT2D eigenvalue weighted by Gasteiger charge is 2.31. The number of aromatic amines is 1. The molecule has 7 heteroatoms. The highest BCUT2D eigenvalue weighted by Crippen LogP contribution is 2.04. The van der Waals surface area contributed by atoms with Gasteiger partial charge < -0.3 is 10.3 Å². The highest BCUT2D eigenvalue weighted by molar-refractivity contribution is 6.07. The van der Waals surface area contributed by atoms with Gasteiger partial charge >= 0.3 is 6.03 Å². The van der Waals surface area contributed by atoms with Gasteiger partial charge in [-0.15, -0.1) is 0 Å². The maximum absolute atomic E-state index is 11.5. The predicted octanol–water partition coefficient (Wildman–Crippen LogP) is -0.810. The molecule has 0 aromatic carbocycles. The molecule has 1 aliphatic rings. The van der Waals surface area contributed by atoms with Crippen LogP contribution < -0.4 is 10.6 Å². The van der Waals surface area contributed by atoms with Crippen molar-refractivity contribution in [3.05, 3.63) is 18.2 Å². The summed E-state index contributed by atoms with van der Waals surface area (Å²) in [6, 6.07) is -1.36. The van der Waals surface area contributed by atoms with Crippen molar-refractivity contribution in [2.75, 3.05) is 0 Å². The van der Waals surface area contributed by atoms with Crippen LogP contribution >= 0.6 is 0 Å². The molecular weight excluding hydrogens is 200 g/mol. The number of amides is 3. The number of Topliss-reactive ketones (excluding diaryl/α,β-unsaturated/α-hetero) is 1. The lowest BCUT2D eigenvalue weighted by Crippen LogP contribution is -2.31. The summed E-state index contributed by atoms with van der Waals surface area (Å²) in [6.45, 7) is 0. The van der Waals surface area contributed by atoms with E-state index in [4.69, 9.17) is 0 Å². The molecule has 0 saturated carbocycles. The van der Waals surface area contributed by atoms with Crippen molar-refractivity contribution in [2.45, 2.75) is 12.5 Å². The van der Waals surface area contributed by atoms with Crippen LogP contribution in [0.4, 0.5) is 4.79 Å². The molecule has 2 heterocycles. The Morgan fingerprint density at radius 3 is 2.80 bits per heavy atom. The molecule has 15 heavy (non-hydrogen) atoms. The van der Waals surface area contributed by atoms with Gasteiger partial charge in [-0.2, -0.15) is 0 Å². The van der Waals surface area contributed by atoms with E-state index >= 15 is 0 Å². The Hall–Kier alpha value is -2.18. The molecule has 1 unspecified atom stereocenters. The van der Waals surface area contributed by atoms with Gasteiger partial charge in [0.15, 0.2) is 5.78 Å². The van der Waals surface area contributed by atoms with Crippen molar-refractivity contribution in [1.82, 2.24) is 20.6 Å². The van der Waals surface area contributed by atoms with Crippen molar-refractivity contribution >= 4 is 17.7 Å². The Labute approximate surface area is 84.3 Å². The number of carbonyl (C=O) groups is 3. The number of ketones is 1. The highest BCUT2D eigenvalue weighted by atomic mass is 16.2. The number of hydrogen-bond donors (Lipinski definition) is 3. The van der Waals surface area contributed by atoms with Crippen LogP contribution in [0.25, 0.3) is 0 Å². The average molecular weight is 208 g/mol. The zero-order valence-corrected chi connectivity index (χ0v) is 7.61. The topological polar surface area (TPSA) is 104 Å². The van der Waals surface area contributed by atoms with Crippen LogP contribution in [-0.4, -0.2) is 33.7 Å². The van der Waals surface area contributed by atoms with Crippen LogP contribution in [0.15, 0.2) is 12.5 Å². The first-order valence-corrected chi connectivity index (χ1v) is 4.30. The van der Waals surface area contributed by atoms with Gasteiger partial charge in [-0.05, 0) is 0 Å². The zero-order chi connectivity index (χ0) is 10.8.